The highest BCUT2D eigenvalue weighted by Gasteiger charge is 2.36. The first-order chi connectivity index (χ1) is 14.6. The summed E-state index contributed by atoms with van der Waals surface area (Å²) in [5, 5.41) is 3.66. The van der Waals surface area contributed by atoms with Crippen LogP contribution < -0.4 is 10.9 Å². The molecule has 3 rings (SSSR count). The summed E-state index contributed by atoms with van der Waals surface area (Å²) in [6, 6.07) is 2.18. The lowest BCUT2D eigenvalue weighted by Crippen LogP contribution is -2.45. The number of hydrogen-bond donors (Lipinski definition) is 1. The summed E-state index contributed by atoms with van der Waals surface area (Å²) in [6.45, 7) is 5.55. The van der Waals surface area contributed by atoms with Crippen LogP contribution in [-0.2, 0) is 28.8 Å². The molecule has 2 heterocycles. The molecule has 1 N–H and O–H groups in total. The van der Waals surface area contributed by atoms with Gasteiger partial charge in [0.2, 0.25) is 5.91 Å². The van der Waals surface area contributed by atoms with Gasteiger partial charge in [-0.1, -0.05) is 13.8 Å². The molecule has 1 aromatic heterocycles. The van der Waals surface area contributed by atoms with Crippen LogP contribution in [0.3, 0.4) is 0 Å². The first kappa shape index (κ1) is 23.8. The number of rotatable bonds is 7. The fourth-order valence-electron chi connectivity index (χ4n) is 4.87. The average molecular weight is 444 g/mol. The summed E-state index contributed by atoms with van der Waals surface area (Å²) in [5.41, 5.74) is -1.39. The predicted octanol–water partition coefficient (Wildman–Crippen LogP) is 3.03. The predicted molar refractivity (Wildman–Crippen MR) is 111 cm³/mol. The Morgan fingerprint density at radius 3 is 2.68 bits per heavy atom. The molecule has 1 aromatic rings. The van der Waals surface area contributed by atoms with Crippen LogP contribution in [0.4, 0.5) is 13.2 Å². The Morgan fingerprint density at radius 1 is 1.29 bits per heavy atom. The highest BCUT2D eigenvalue weighted by Crippen LogP contribution is 2.31. The van der Waals surface area contributed by atoms with E-state index < -0.39 is 17.3 Å². The van der Waals surface area contributed by atoms with E-state index in [1.54, 1.807) is 12.0 Å². The highest BCUT2D eigenvalue weighted by molar-refractivity contribution is 5.79. The second-order valence-corrected chi connectivity index (χ2v) is 8.80. The van der Waals surface area contributed by atoms with Crippen molar-refractivity contribution in [3.63, 3.8) is 0 Å². The molecule has 0 aromatic carbocycles. The van der Waals surface area contributed by atoms with Gasteiger partial charge in [0.25, 0.3) is 5.56 Å². The van der Waals surface area contributed by atoms with Crippen molar-refractivity contribution < 1.29 is 22.7 Å². The SMILES string of the molecule is CC[C@H](N[C@@H]1CC[C@H](C(=O)N2CCn3c(cc(C(F)(F)F)cc3=O)C2)C1)[C@H](C)COC. The number of hydrogen-bond acceptors (Lipinski definition) is 4. The van der Waals surface area contributed by atoms with Gasteiger partial charge in [0.1, 0.15) is 0 Å². The number of carbonyl (C=O) groups excluding carboxylic acids is 1. The monoisotopic (exact) mass is 443 g/mol. The van der Waals surface area contributed by atoms with Crippen LogP contribution in [0, 0.1) is 11.8 Å². The molecule has 31 heavy (non-hydrogen) atoms. The Labute approximate surface area is 180 Å². The van der Waals surface area contributed by atoms with Gasteiger partial charge >= 0.3 is 6.18 Å². The second-order valence-electron chi connectivity index (χ2n) is 8.80. The summed E-state index contributed by atoms with van der Waals surface area (Å²) in [4.78, 5) is 26.8. The number of amides is 1. The lowest BCUT2D eigenvalue weighted by molar-refractivity contribution is -0.138. The van der Waals surface area contributed by atoms with Crippen LogP contribution >= 0.6 is 0 Å². The lowest BCUT2D eigenvalue weighted by Gasteiger charge is -2.32. The molecule has 0 spiro atoms. The van der Waals surface area contributed by atoms with Gasteiger partial charge in [-0.2, -0.15) is 13.2 Å². The largest absolute Gasteiger partial charge is 0.416 e. The van der Waals surface area contributed by atoms with Crippen LogP contribution in [0.2, 0.25) is 0 Å². The van der Waals surface area contributed by atoms with Crippen LogP contribution in [0.15, 0.2) is 16.9 Å². The van der Waals surface area contributed by atoms with Crippen molar-refractivity contribution in [3.8, 4) is 0 Å². The number of fused-ring (bicyclic) bond motifs is 1. The average Bonchev–Trinajstić information content (AvgIpc) is 3.19. The van der Waals surface area contributed by atoms with E-state index >= 15 is 0 Å². The standard InChI is InChI=1S/C22H32F3N3O3/c1-4-19(14(2)13-31-3)26-17-6-5-15(9-17)21(30)27-7-8-28-18(12-27)10-16(11-20(28)29)22(23,24)25/h10-11,14-15,17,19,26H,4-9,12-13H2,1-3H3/t14-,15+,17-,19+/m1/s1. The molecule has 1 amide bonds. The Hall–Kier alpha value is -1.87. The highest BCUT2D eigenvalue weighted by atomic mass is 19.4. The summed E-state index contributed by atoms with van der Waals surface area (Å²) in [5.74, 6) is 0.194. The minimum Gasteiger partial charge on any atom is -0.384 e. The maximum Gasteiger partial charge on any atom is 0.416 e. The smallest absolute Gasteiger partial charge is 0.384 e. The number of nitrogens with zero attached hydrogens (tertiary/aromatic N) is 2. The van der Waals surface area contributed by atoms with Gasteiger partial charge in [0.15, 0.2) is 0 Å². The Morgan fingerprint density at radius 2 is 2.03 bits per heavy atom. The third kappa shape index (κ3) is 5.49. The van der Waals surface area contributed by atoms with Crippen molar-refractivity contribution in [1.29, 1.82) is 0 Å². The zero-order chi connectivity index (χ0) is 22.8. The van der Waals surface area contributed by atoms with Crippen LogP contribution in [-0.4, -0.2) is 47.7 Å². The summed E-state index contributed by atoms with van der Waals surface area (Å²) in [6.07, 6.45) is -1.23. The minimum absolute atomic E-state index is 0.0293. The van der Waals surface area contributed by atoms with Gasteiger partial charge in [0, 0.05) is 50.0 Å². The van der Waals surface area contributed by atoms with E-state index in [2.05, 4.69) is 19.2 Å². The number of nitrogens with one attached hydrogen (secondary N) is 1. The van der Waals surface area contributed by atoms with E-state index in [-0.39, 0.29) is 36.7 Å². The lowest BCUT2D eigenvalue weighted by atomic mass is 9.98. The maximum absolute atomic E-state index is 13.1. The van der Waals surface area contributed by atoms with Crippen LogP contribution in [0.5, 0.6) is 0 Å². The molecule has 1 fully saturated rings. The van der Waals surface area contributed by atoms with E-state index in [4.69, 9.17) is 4.74 Å². The van der Waals surface area contributed by atoms with E-state index in [9.17, 15) is 22.8 Å². The maximum atomic E-state index is 13.1. The Bertz CT molecular complexity index is 840. The van der Waals surface area contributed by atoms with E-state index in [0.29, 0.717) is 31.2 Å². The zero-order valence-electron chi connectivity index (χ0n) is 18.4. The molecule has 4 atom stereocenters. The number of carbonyl (C=O) groups is 1. The summed E-state index contributed by atoms with van der Waals surface area (Å²) in [7, 11) is 1.69. The Kier molecular flexibility index (Phi) is 7.47. The van der Waals surface area contributed by atoms with Gasteiger partial charge < -0.3 is 19.5 Å². The van der Waals surface area contributed by atoms with Crippen molar-refractivity contribution in [1.82, 2.24) is 14.8 Å². The fraction of sp³-hybridized carbons (Fsp3) is 0.727. The van der Waals surface area contributed by atoms with Crippen molar-refractivity contribution in [2.24, 2.45) is 11.8 Å². The molecule has 9 heteroatoms. The van der Waals surface area contributed by atoms with Gasteiger partial charge in [-0.25, -0.2) is 0 Å². The summed E-state index contributed by atoms with van der Waals surface area (Å²) >= 11 is 0. The molecule has 1 aliphatic heterocycles. The first-order valence-electron chi connectivity index (χ1n) is 11.0. The topological polar surface area (TPSA) is 63.6 Å². The van der Waals surface area contributed by atoms with E-state index in [1.165, 1.54) is 4.57 Å². The number of alkyl halides is 3. The first-order valence-corrected chi connectivity index (χ1v) is 11.0. The van der Waals surface area contributed by atoms with Crippen molar-refractivity contribution in [2.75, 3.05) is 20.3 Å². The van der Waals surface area contributed by atoms with Crippen molar-refractivity contribution in [2.45, 2.75) is 70.9 Å². The number of ether oxygens (including phenoxy) is 1. The Balaban J connectivity index is 1.63. The third-order valence-electron chi connectivity index (χ3n) is 6.59. The van der Waals surface area contributed by atoms with E-state index in [1.807, 2.05) is 0 Å². The zero-order valence-corrected chi connectivity index (χ0v) is 18.4. The van der Waals surface area contributed by atoms with E-state index in [0.717, 1.165) is 31.7 Å². The molecule has 0 saturated heterocycles. The van der Waals surface area contributed by atoms with Crippen LogP contribution in [0.25, 0.3) is 0 Å². The van der Waals surface area contributed by atoms with Crippen LogP contribution in [0.1, 0.15) is 50.8 Å². The molecule has 6 nitrogen and oxygen atoms in total. The number of halogens is 3. The molecule has 0 radical (unpaired) electrons. The number of pyridine rings is 1. The van der Waals surface area contributed by atoms with Crippen molar-refractivity contribution >= 4 is 5.91 Å². The third-order valence-corrected chi connectivity index (χ3v) is 6.59. The second kappa shape index (κ2) is 9.73. The van der Waals surface area contributed by atoms with Gasteiger partial charge in [-0.05, 0) is 37.7 Å². The molecular formula is C22H32F3N3O3. The molecular weight excluding hydrogens is 411 g/mol. The summed E-state index contributed by atoms with van der Waals surface area (Å²) < 4.78 is 45.8. The fourth-order valence-corrected chi connectivity index (χ4v) is 4.87. The molecule has 174 valence electrons. The van der Waals surface area contributed by atoms with Gasteiger partial charge in [0.05, 0.1) is 18.7 Å². The molecule has 0 bridgehead atoms. The normalized spacial score (nSPS) is 23.5. The van der Waals surface area contributed by atoms with Gasteiger partial charge in [-0.15, -0.1) is 0 Å². The molecule has 1 aliphatic carbocycles. The molecule has 0 unspecified atom stereocenters. The van der Waals surface area contributed by atoms with Gasteiger partial charge in [-0.3, -0.25) is 9.59 Å². The number of aromatic nitrogens is 1. The number of methoxy groups -OCH3 is 1. The molecule has 1 saturated carbocycles. The minimum atomic E-state index is -4.58. The van der Waals surface area contributed by atoms with Crippen molar-refractivity contribution in [3.05, 3.63) is 33.7 Å². The quantitative estimate of drug-likeness (QED) is 0.704. The molecule has 2 aliphatic rings.